The van der Waals surface area contributed by atoms with E-state index in [2.05, 4.69) is 9.97 Å². The number of rotatable bonds is 8. The summed E-state index contributed by atoms with van der Waals surface area (Å²) < 4.78 is 21.8. The first-order chi connectivity index (χ1) is 15.2. The standard InChI is InChI=1S/C25H26N2O4.ClH/c1-28-22-12-16-8-10-26-20(18(16)14-24(22)30-3)6-5-7-21-19-15-25(31-4)23(29-2)13-17(19)9-11-27-21;/h8-15H,5-7H2,1-4H3;1H. The van der Waals surface area contributed by atoms with Crippen LogP contribution in [0.3, 0.4) is 0 Å². The number of aryl methyl sites for hydroxylation is 2. The minimum Gasteiger partial charge on any atom is -0.493 e. The molecule has 0 saturated heterocycles. The molecule has 4 aromatic rings. The molecule has 0 amide bonds. The number of hydrogen-bond acceptors (Lipinski definition) is 6. The summed E-state index contributed by atoms with van der Waals surface area (Å²) in [5, 5.41) is 4.33. The zero-order valence-corrected chi connectivity index (χ0v) is 19.5. The molecule has 4 rings (SSSR count). The lowest BCUT2D eigenvalue weighted by atomic mass is 10.0. The predicted octanol–water partition coefficient (Wildman–Crippen LogP) is 5.41. The van der Waals surface area contributed by atoms with Crippen molar-refractivity contribution in [1.82, 2.24) is 9.97 Å². The summed E-state index contributed by atoms with van der Waals surface area (Å²) in [7, 11) is 6.59. The summed E-state index contributed by atoms with van der Waals surface area (Å²) in [5.74, 6) is 2.86. The molecule has 0 saturated carbocycles. The molecule has 32 heavy (non-hydrogen) atoms. The zero-order valence-electron chi connectivity index (χ0n) is 18.7. The van der Waals surface area contributed by atoms with Crippen molar-refractivity contribution in [3.63, 3.8) is 0 Å². The minimum absolute atomic E-state index is 0. The van der Waals surface area contributed by atoms with Crippen LogP contribution in [0.1, 0.15) is 17.8 Å². The van der Waals surface area contributed by atoms with Crippen molar-refractivity contribution in [3.8, 4) is 23.0 Å². The highest BCUT2D eigenvalue weighted by molar-refractivity contribution is 5.89. The maximum Gasteiger partial charge on any atom is 0.161 e. The highest BCUT2D eigenvalue weighted by Crippen LogP contribution is 2.35. The van der Waals surface area contributed by atoms with Crippen LogP contribution >= 0.6 is 12.4 Å². The Morgan fingerprint density at radius 3 is 1.34 bits per heavy atom. The Morgan fingerprint density at radius 2 is 0.969 bits per heavy atom. The number of hydrogen-bond donors (Lipinski definition) is 0. The SMILES string of the molecule is COc1cc2ccnc(CCCc3nccc4cc(OC)c(OC)cc34)c2cc1OC.Cl. The van der Waals surface area contributed by atoms with Crippen molar-refractivity contribution in [3.05, 3.63) is 60.2 Å². The van der Waals surface area contributed by atoms with E-state index >= 15 is 0 Å². The van der Waals surface area contributed by atoms with E-state index in [1.807, 2.05) is 48.8 Å². The molecule has 6 nitrogen and oxygen atoms in total. The summed E-state index contributed by atoms with van der Waals surface area (Å²) >= 11 is 0. The number of halogens is 1. The zero-order chi connectivity index (χ0) is 21.8. The third-order valence-electron chi connectivity index (χ3n) is 5.53. The fourth-order valence-electron chi connectivity index (χ4n) is 3.94. The van der Waals surface area contributed by atoms with E-state index < -0.39 is 0 Å². The van der Waals surface area contributed by atoms with Gasteiger partial charge in [0.1, 0.15) is 0 Å². The van der Waals surface area contributed by atoms with Crippen LogP contribution in [0.25, 0.3) is 21.5 Å². The van der Waals surface area contributed by atoms with Crippen molar-refractivity contribution >= 4 is 34.0 Å². The van der Waals surface area contributed by atoms with Crippen molar-refractivity contribution < 1.29 is 18.9 Å². The number of aromatic nitrogens is 2. The van der Waals surface area contributed by atoms with Gasteiger partial charge in [0.25, 0.3) is 0 Å². The number of benzene rings is 2. The Morgan fingerprint density at radius 1 is 0.594 bits per heavy atom. The molecule has 0 aliphatic rings. The minimum atomic E-state index is 0. The van der Waals surface area contributed by atoms with Gasteiger partial charge in [0.2, 0.25) is 0 Å². The van der Waals surface area contributed by atoms with Crippen LogP contribution in [-0.4, -0.2) is 38.4 Å². The van der Waals surface area contributed by atoms with E-state index in [1.165, 1.54) is 0 Å². The number of fused-ring (bicyclic) bond motifs is 2. The smallest absolute Gasteiger partial charge is 0.161 e. The van der Waals surface area contributed by atoms with E-state index in [4.69, 9.17) is 18.9 Å². The van der Waals surface area contributed by atoms with Gasteiger partial charge in [0.05, 0.1) is 28.4 Å². The topological polar surface area (TPSA) is 62.7 Å². The van der Waals surface area contributed by atoms with Gasteiger partial charge in [-0.05, 0) is 66.4 Å². The fourth-order valence-corrected chi connectivity index (χ4v) is 3.94. The van der Waals surface area contributed by atoms with Crippen LogP contribution in [0.4, 0.5) is 0 Å². The Hall–Kier alpha value is -3.25. The van der Waals surface area contributed by atoms with Crippen LogP contribution < -0.4 is 18.9 Å². The first-order valence-corrected chi connectivity index (χ1v) is 10.2. The molecule has 168 valence electrons. The highest BCUT2D eigenvalue weighted by atomic mass is 35.5. The second-order valence-corrected chi connectivity index (χ2v) is 7.23. The summed E-state index contributed by atoms with van der Waals surface area (Å²) in [4.78, 5) is 9.26. The van der Waals surface area contributed by atoms with E-state index in [1.54, 1.807) is 28.4 Å². The lowest BCUT2D eigenvalue weighted by Crippen LogP contribution is -1.99. The normalized spacial score (nSPS) is 10.6. The average molecular weight is 455 g/mol. The fraction of sp³-hybridized carbons (Fsp3) is 0.280. The largest absolute Gasteiger partial charge is 0.493 e. The first kappa shape index (κ1) is 23.4. The first-order valence-electron chi connectivity index (χ1n) is 10.2. The molecule has 0 radical (unpaired) electrons. The number of methoxy groups -OCH3 is 4. The third-order valence-corrected chi connectivity index (χ3v) is 5.53. The second kappa shape index (κ2) is 10.4. The van der Waals surface area contributed by atoms with Crippen molar-refractivity contribution in [2.75, 3.05) is 28.4 Å². The molecular weight excluding hydrogens is 428 g/mol. The van der Waals surface area contributed by atoms with Gasteiger partial charge in [-0.25, -0.2) is 0 Å². The molecule has 2 heterocycles. The lowest BCUT2D eigenvalue weighted by Gasteiger charge is -2.12. The molecule has 0 N–H and O–H groups in total. The van der Waals surface area contributed by atoms with Gasteiger partial charge in [-0.15, -0.1) is 12.4 Å². The maximum absolute atomic E-state index is 5.48. The molecule has 7 heteroatoms. The van der Waals surface area contributed by atoms with E-state index in [9.17, 15) is 0 Å². The Kier molecular flexibility index (Phi) is 7.59. The van der Waals surface area contributed by atoms with Crippen molar-refractivity contribution in [1.29, 1.82) is 0 Å². The van der Waals surface area contributed by atoms with Gasteiger partial charge in [0.15, 0.2) is 23.0 Å². The highest BCUT2D eigenvalue weighted by Gasteiger charge is 2.12. The van der Waals surface area contributed by atoms with Crippen molar-refractivity contribution in [2.45, 2.75) is 19.3 Å². The monoisotopic (exact) mass is 454 g/mol. The molecule has 0 aliphatic carbocycles. The van der Waals surface area contributed by atoms with Crippen LogP contribution in [0, 0.1) is 0 Å². The van der Waals surface area contributed by atoms with E-state index in [0.29, 0.717) is 11.5 Å². The Bertz CT molecular complexity index is 1130. The number of pyridine rings is 2. The second-order valence-electron chi connectivity index (χ2n) is 7.23. The van der Waals surface area contributed by atoms with Gasteiger partial charge >= 0.3 is 0 Å². The van der Waals surface area contributed by atoms with Crippen molar-refractivity contribution in [2.24, 2.45) is 0 Å². The Labute approximate surface area is 193 Å². The summed E-state index contributed by atoms with van der Waals surface area (Å²) in [6.07, 6.45) is 6.27. The molecule has 0 spiro atoms. The van der Waals surface area contributed by atoms with Crippen LogP contribution in [-0.2, 0) is 12.8 Å². The Balaban J connectivity index is 0.00000289. The van der Waals surface area contributed by atoms with Gasteiger partial charge in [0, 0.05) is 34.6 Å². The molecule has 0 atom stereocenters. The molecular formula is C25H27ClN2O4. The lowest BCUT2D eigenvalue weighted by molar-refractivity contribution is 0.356. The average Bonchev–Trinajstić information content (AvgIpc) is 2.82. The van der Waals surface area contributed by atoms with Crippen LogP contribution in [0.2, 0.25) is 0 Å². The molecule has 0 unspecified atom stereocenters. The summed E-state index contributed by atoms with van der Waals surface area (Å²) in [6.45, 7) is 0. The summed E-state index contributed by atoms with van der Waals surface area (Å²) in [6, 6.07) is 12.0. The van der Waals surface area contributed by atoms with Gasteiger partial charge in [-0.1, -0.05) is 0 Å². The molecule has 0 fully saturated rings. The van der Waals surface area contributed by atoms with Gasteiger partial charge in [-0.3, -0.25) is 9.97 Å². The predicted molar refractivity (Wildman–Crippen MR) is 129 cm³/mol. The summed E-state index contributed by atoms with van der Waals surface area (Å²) in [5.41, 5.74) is 2.08. The van der Waals surface area contributed by atoms with Gasteiger partial charge in [-0.2, -0.15) is 0 Å². The number of ether oxygens (including phenoxy) is 4. The molecule has 0 aliphatic heterocycles. The molecule has 2 aromatic heterocycles. The number of nitrogens with zero attached hydrogens (tertiary/aromatic N) is 2. The molecule has 0 bridgehead atoms. The quantitative estimate of drug-likeness (QED) is 0.354. The maximum atomic E-state index is 5.48. The third kappa shape index (κ3) is 4.50. The van der Waals surface area contributed by atoms with Crippen LogP contribution in [0.5, 0.6) is 23.0 Å². The van der Waals surface area contributed by atoms with Crippen LogP contribution in [0.15, 0.2) is 48.8 Å². The van der Waals surface area contributed by atoms with E-state index in [0.717, 1.165) is 63.7 Å². The molecule has 2 aromatic carbocycles. The van der Waals surface area contributed by atoms with Gasteiger partial charge < -0.3 is 18.9 Å². The van der Waals surface area contributed by atoms with E-state index in [-0.39, 0.29) is 12.4 Å².